The number of aromatic nitrogens is 2. The largest absolute Gasteiger partial charge is 0.396 e. The number of rotatable bonds is 11. The highest BCUT2D eigenvalue weighted by atomic mass is 127. The van der Waals surface area contributed by atoms with Gasteiger partial charge in [-0.25, -0.2) is 4.99 Å². The molecule has 2 aromatic rings. The molecule has 6 nitrogen and oxygen atoms in total. The molecule has 2 rings (SSSR count). The zero-order valence-corrected chi connectivity index (χ0v) is 20.2. The Morgan fingerprint density at radius 1 is 1.17 bits per heavy atom. The summed E-state index contributed by atoms with van der Waals surface area (Å²) in [6.45, 7) is 9.71. The standard InChI is InChI=1S/C22H35N5O.HI/c1-4-23-22(24-13-20(10-11-28)12-18(2)3)25-14-21-15-26-27(17-21)16-19-8-6-5-7-9-19;/h5-9,15,17-18,20,28H,4,10-14,16H2,1-3H3,(H2,23,24,25);1H. The van der Waals surface area contributed by atoms with Crippen molar-refractivity contribution in [2.45, 2.75) is 46.7 Å². The molecule has 0 spiro atoms. The van der Waals surface area contributed by atoms with Crippen molar-refractivity contribution in [3.05, 3.63) is 53.9 Å². The number of aliphatic hydroxyl groups excluding tert-OH is 1. The van der Waals surface area contributed by atoms with Crippen LogP contribution in [-0.2, 0) is 13.1 Å². The number of hydrogen-bond acceptors (Lipinski definition) is 3. The third-order valence-corrected chi connectivity index (χ3v) is 4.54. The van der Waals surface area contributed by atoms with Crippen molar-refractivity contribution in [2.75, 3.05) is 19.7 Å². The maximum Gasteiger partial charge on any atom is 0.191 e. The van der Waals surface area contributed by atoms with E-state index in [1.165, 1.54) is 5.56 Å². The van der Waals surface area contributed by atoms with E-state index in [-0.39, 0.29) is 30.6 Å². The van der Waals surface area contributed by atoms with Gasteiger partial charge in [0.1, 0.15) is 0 Å². The minimum Gasteiger partial charge on any atom is -0.396 e. The Morgan fingerprint density at radius 3 is 2.59 bits per heavy atom. The molecule has 162 valence electrons. The molecular formula is C22H36IN5O. The predicted octanol–water partition coefficient (Wildman–Crippen LogP) is 3.65. The van der Waals surface area contributed by atoms with Crippen molar-refractivity contribution in [1.29, 1.82) is 0 Å². The highest BCUT2D eigenvalue weighted by molar-refractivity contribution is 14.0. The van der Waals surface area contributed by atoms with Gasteiger partial charge in [-0.2, -0.15) is 5.10 Å². The van der Waals surface area contributed by atoms with Gasteiger partial charge in [0.2, 0.25) is 0 Å². The van der Waals surface area contributed by atoms with Crippen LogP contribution in [0.5, 0.6) is 0 Å². The lowest BCUT2D eigenvalue weighted by molar-refractivity contribution is 0.243. The van der Waals surface area contributed by atoms with E-state index in [0.29, 0.717) is 18.4 Å². The molecule has 0 aliphatic heterocycles. The molecule has 0 saturated carbocycles. The van der Waals surface area contributed by atoms with Crippen molar-refractivity contribution >= 4 is 29.9 Å². The molecule has 1 heterocycles. The third-order valence-electron chi connectivity index (χ3n) is 4.54. The van der Waals surface area contributed by atoms with Crippen LogP contribution in [0.1, 0.15) is 44.7 Å². The molecule has 1 unspecified atom stereocenters. The molecule has 0 radical (unpaired) electrons. The predicted molar refractivity (Wildman–Crippen MR) is 131 cm³/mol. The monoisotopic (exact) mass is 513 g/mol. The van der Waals surface area contributed by atoms with E-state index in [9.17, 15) is 5.11 Å². The lowest BCUT2D eigenvalue weighted by atomic mass is 9.94. The van der Waals surface area contributed by atoms with Crippen LogP contribution < -0.4 is 10.6 Å². The second-order valence-corrected chi connectivity index (χ2v) is 7.62. The molecule has 1 aromatic carbocycles. The fourth-order valence-corrected chi connectivity index (χ4v) is 3.25. The van der Waals surface area contributed by atoms with Crippen LogP contribution in [0.2, 0.25) is 0 Å². The summed E-state index contributed by atoms with van der Waals surface area (Å²) in [5.41, 5.74) is 2.32. The van der Waals surface area contributed by atoms with Gasteiger partial charge in [-0.1, -0.05) is 44.2 Å². The minimum absolute atomic E-state index is 0. The number of aliphatic imine (C=N–C) groups is 1. The van der Waals surface area contributed by atoms with Crippen LogP contribution in [0, 0.1) is 11.8 Å². The van der Waals surface area contributed by atoms with Crippen molar-refractivity contribution in [2.24, 2.45) is 16.8 Å². The van der Waals surface area contributed by atoms with E-state index in [1.807, 2.05) is 35.3 Å². The van der Waals surface area contributed by atoms with Crippen LogP contribution in [-0.4, -0.2) is 40.5 Å². The number of nitrogens with one attached hydrogen (secondary N) is 2. The van der Waals surface area contributed by atoms with Gasteiger partial charge in [0.05, 0.1) is 19.3 Å². The molecule has 0 fully saturated rings. The summed E-state index contributed by atoms with van der Waals surface area (Å²) in [7, 11) is 0. The summed E-state index contributed by atoms with van der Waals surface area (Å²) in [5.74, 6) is 1.88. The molecule has 29 heavy (non-hydrogen) atoms. The van der Waals surface area contributed by atoms with Gasteiger partial charge in [-0.05, 0) is 37.2 Å². The van der Waals surface area contributed by atoms with E-state index < -0.39 is 0 Å². The molecule has 3 N–H and O–H groups in total. The van der Waals surface area contributed by atoms with E-state index in [0.717, 1.165) is 44.0 Å². The quantitative estimate of drug-likeness (QED) is 0.244. The number of benzene rings is 1. The maximum atomic E-state index is 9.30. The molecule has 0 saturated heterocycles. The fourth-order valence-electron chi connectivity index (χ4n) is 3.25. The Kier molecular flexibility index (Phi) is 12.6. The lowest BCUT2D eigenvalue weighted by Gasteiger charge is -2.20. The smallest absolute Gasteiger partial charge is 0.191 e. The fraction of sp³-hybridized carbons (Fsp3) is 0.545. The Bertz CT molecular complexity index is 702. The van der Waals surface area contributed by atoms with Crippen molar-refractivity contribution in [3.8, 4) is 0 Å². The topological polar surface area (TPSA) is 74.5 Å². The van der Waals surface area contributed by atoms with Gasteiger partial charge in [0.25, 0.3) is 0 Å². The average Bonchev–Trinajstić information content (AvgIpc) is 3.11. The molecule has 0 aliphatic rings. The highest BCUT2D eigenvalue weighted by Crippen LogP contribution is 2.14. The summed E-state index contributed by atoms with van der Waals surface area (Å²) in [6, 6.07) is 10.3. The first kappa shape index (κ1) is 25.4. The van der Waals surface area contributed by atoms with Crippen LogP contribution in [0.15, 0.2) is 47.7 Å². The number of guanidine groups is 1. The Morgan fingerprint density at radius 2 is 1.93 bits per heavy atom. The highest BCUT2D eigenvalue weighted by Gasteiger charge is 2.11. The first-order valence-corrected chi connectivity index (χ1v) is 10.3. The van der Waals surface area contributed by atoms with E-state index in [1.54, 1.807) is 0 Å². The molecule has 1 atom stereocenters. The maximum absolute atomic E-state index is 9.30. The SMILES string of the molecule is CCNC(=NCc1cnn(Cc2ccccc2)c1)NCC(CCO)CC(C)C.I. The summed E-state index contributed by atoms with van der Waals surface area (Å²) >= 11 is 0. The first-order chi connectivity index (χ1) is 13.6. The Balaban J connectivity index is 0.00000420. The summed E-state index contributed by atoms with van der Waals surface area (Å²) < 4.78 is 1.94. The van der Waals surface area contributed by atoms with E-state index >= 15 is 0 Å². The van der Waals surface area contributed by atoms with Crippen molar-refractivity contribution < 1.29 is 5.11 Å². The molecule has 0 amide bonds. The molecular weight excluding hydrogens is 477 g/mol. The Hall–Kier alpha value is -1.61. The normalized spacial score (nSPS) is 12.5. The zero-order valence-electron chi connectivity index (χ0n) is 17.8. The van der Waals surface area contributed by atoms with Crippen molar-refractivity contribution in [3.63, 3.8) is 0 Å². The lowest BCUT2D eigenvalue weighted by Crippen LogP contribution is -2.40. The Labute approximate surface area is 192 Å². The molecule has 7 heteroatoms. The van der Waals surface area contributed by atoms with Gasteiger partial charge < -0.3 is 15.7 Å². The first-order valence-electron chi connectivity index (χ1n) is 10.3. The van der Waals surface area contributed by atoms with Crippen molar-refractivity contribution in [1.82, 2.24) is 20.4 Å². The second-order valence-electron chi connectivity index (χ2n) is 7.62. The van der Waals surface area contributed by atoms with Gasteiger partial charge in [0, 0.05) is 31.5 Å². The van der Waals surface area contributed by atoms with Crippen LogP contribution in [0.4, 0.5) is 0 Å². The van der Waals surface area contributed by atoms with Crippen LogP contribution in [0.3, 0.4) is 0 Å². The molecule has 0 aliphatic carbocycles. The summed E-state index contributed by atoms with van der Waals surface area (Å²) in [4.78, 5) is 4.69. The average molecular weight is 513 g/mol. The van der Waals surface area contributed by atoms with Crippen LogP contribution >= 0.6 is 24.0 Å². The number of aliphatic hydroxyl groups is 1. The third kappa shape index (κ3) is 10.1. The summed E-state index contributed by atoms with van der Waals surface area (Å²) in [5, 5.41) is 20.5. The number of halogens is 1. The van der Waals surface area contributed by atoms with E-state index in [2.05, 4.69) is 48.6 Å². The summed E-state index contributed by atoms with van der Waals surface area (Å²) in [6.07, 6.45) is 5.84. The van der Waals surface area contributed by atoms with E-state index in [4.69, 9.17) is 4.99 Å². The zero-order chi connectivity index (χ0) is 20.2. The van der Waals surface area contributed by atoms with Gasteiger partial charge in [-0.3, -0.25) is 4.68 Å². The number of hydrogen-bond donors (Lipinski definition) is 3. The minimum atomic E-state index is 0. The van der Waals surface area contributed by atoms with Crippen LogP contribution in [0.25, 0.3) is 0 Å². The number of nitrogens with zero attached hydrogens (tertiary/aromatic N) is 3. The molecule has 1 aromatic heterocycles. The van der Waals surface area contributed by atoms with Gasteiger partial charge in [0.15, 0.2) is 5.96 Å². The van der Waals surface area contributed by atoms with Gasteiger partial charge >= 0.3 is 0 Å². The second kappa shape index (κ2) is 14.4. The van der Waals surface area contributed by atoms with Gasteiger partial charge in [-0.15, -0.1) is 24.0 Å². The molecule has 0 bridgehead atoms.